The molecule has 0 unspecified atom stereocenters. The first kappa shape index (κ1) is 18.8. The lowest BCUT2D eigenvalue weighted by Crippen LogP contribution is -3.30. The molecule has 0 aliphatic carbocycles. The van der Waals surface area contributed by atoms with Crippen LogP contribution >= 0.6 is 0 Å². The Morgan fingerprint density at radius 1 is 1.12 bits per heavy atom. The van der Waals surface area contributed by atoms with E-state index in [-0.39, 0.29) is 23.7 Å². The second-order valence-corrected chi connectivity index (χ2v) is 7.39. The summed E-state index contributed by atoms with van der Waals surface area (Å²) in [6.07, 6.45) is 2.25. The van der Waals surface area contributed by atoms with Gasteiger partial charge in [-0.05, 0) is 44.0 Å². The van der Waals surface area contributed by atoms with E-state index < -0.39 is 0 Å². The van der Waals surface area contributed by atoms with Gasteiger partial charge in [-0.1, -0.05) is 0 Å². The van der Waals surface area contributed by atoms with Crippen LogP contribution in [0.1, 0.15) is 19.8 Å². The summed E-state index contributed by atoms with van der Waals surface area (Å²) in [6.45, 7) is 7.87. The largest absolute Gasteiger partial charge is 0.338 e. The molecule has 6 nitrogen and oxygen atoms in total. The fraction of sp³-hybridized carbons (Fsp3) is 0.579. The molecule has 2 aliphatic heterocycles. The van der Waals surface area contributed by atoms with Gasteiger partial charge in [0.15, 0.2) is 12.6 Å². The van der Waals surface area contributed by atoms with Crippen molar-refractivity contribution in [1.82, 2.24) is 4.90 Å². The highest BCUT2D eigenvalue weighted by Crippen LogP contribution is 2.08. The number of carbonyl (C=O) groups excluding carboxylic acids is 2. The van der Waals surface area contributed by atoms with E-state index >= 15 is 0 Å². The van der Waals surface area contributed by atoms with E-state index in [9.17, 15) is 14.0 Å². The lowest BCUT2D eigenvalue weighted by molar-refractivity contribution is -1.01. The number of anilines is 1. The minimum absolute atomic E-state index is 0.0526. The summed E-state index contributed by atoms with van der Waals surface area (Å²) in [4.78, 5) is 29.2. The van der Waals surface area contributed by atoms with Crippen molar-refractivity contribution in [3.63, 3.8) is 0 Å². The van der Waals surface area contributed by atoms with Crippen LogP contribution in [0.25, 0.3) is 0 Å². The lowest BCUT2D eigenvalue weighted by Gasteiger charge is -2.32. The molecule has 2 saturated heterocycles. The fourth-order valence-electron chi connectivity index (χ4n) is 3.80. The van der Waals surface area contributed by atoms with Crippen molar-refractivity contribution < 1.29 is 23.8 Å². The van der Waals surface area contributed by atoms with E-state index in [2.05, 4.69) is 5.32 Å². The molecule has 2 amide bonds. The highest BCUT2D eigenvalue weighted by atomic mass is 19.1. The second-order valence-electron chi connectivity index (χ2n) is 7.39. The van der Waals surface area contributed by atoms with E-state index in [1.54, 1.807) is 12.1 Å². The number of benzene rings is 1. The van der Waals surface area contributed by atoms with Gasteiger partial charge in [0.2, 0.25) is 0 Å². The first-order valence-corrected chi connectivity index (χ1v) is 9.55. The normalized spacial score (nSPS) is 24.3. The molecule has 26 heavy (non-hydrogen) atoms. The first-order chi connectivity index (χ1) is 12.5. The molecule has 7 heteroatoms. The maximum Gasteiger partial charge on any atom is 0.282 e. The monoisotopic (exact) mass is 364 g/mol. The summed E-state index contributed by atoms with van der Waals surface area (Å²) in [6, 6.07) is 5.65. The highest BCUT2D eigenvalue weighted by molar-refractivity contribution is 5.93. The standard InChI is InChI=1S/C19H27FN4O2/c1-15(19(26)21-17-6-4-16(20)5-7-17)23-12-10-22(11-13-23)14-18(25)24-8-2-3-9-24/h4-7,15H,2-3,8-14H2,1H3,(H,21,26)/p+2/t15-/m1/s1. The van der Waals surface area contributed by atoms with Crippen LogP contribution in [0.2, 0.25) is 0 Å². The number of halogens is 1. The molecule has 142 valence electrons. The van der Waals surface area contributed by atoms with E-state index in [1.165, 1.54) is 21.9 Å². The van der Waals surface area contributed by atoms with E-state index in [0.29, 0.717) is 12.2 Å². The Balaban J connectivity index is 1.43. The van der Waals surface area contributed by atoms with Gasteiger partial charge in [-0.25, -0.2) is 4.39 Å². The Labute approximate surface area is 153 Å². The molecular weight excluding hydrogens is 335 g/mol. The smallest absolute Gasteiger partial charge is 0.282 e. The Morgan fingerprint density at radius 2 is 1.73 bits per heavy atom. The number of hydrogen-bond acceptors (Lipinski definition) is 2. The van der Waals surface area contributed by atoms with Gasteiger partial charge in [0.1, 0.15) is 32.0 Å². The summed E-state index contributed by atoms with van der Waals surface area (Å²) in [5.74, 6) is -0.101. The van der Waals surface area contributed by atoms with Gasteiger partial charge >= 0.3 is 0 Å². The number of amides is 2. The average Bonchev–Trinajstić information content (AvgIpc) is 3.18. The molecule has 3 N–H and O–H groups in total. The third kappa shape index (κ3) is 4.80. The Morgan fingerprint density at radius 3 is 2.35 bits per heavy atom. The number of rotatable bonds is 5. The lowest BCUT2D eigenvalue weighted by atomic mass is 10.2. The first-order valence-electron chi connectivity index (χ1n) is 9.55. The van der Waals surface area contributed by atoms with Crippen LogP contribution in [0, 0.1) is 5.82 Å². The van der Waals surface area contributed by atoms with Crippen molar-refractivity contribution in [1.29, 1.82) is 0 Å². The van der Waals surface area contributed by atoms with Gasteiger partial charge < -0.3 is 20.0 Å². The molecule has 0 radical (unpaired) electrons. The van der Waals surface area contributed by atoms with Crippen LogP contribution < -0.4 is 15.1 Å². The molecule has 1 aromatic rings. The van der Waals surface area contributed by atoms with Gasteiger partial charge in [0.05, 0.1) is 0 Å². The predicted octanol–water partition coefficient (Wildman–Crippen LogP) is -1.44. The van der Waals surface area contributed by atoms with Crippen LogP contribution in [0.3, 0.4) is 0 Å². The van der Waals surface area contributed by atoms with Crippen molar-refractivity contribution >= 4 is 17.5 Å². The van der Waals surface area contributed by atoms with Gasteiger partial charge in [0.25, 0.3) is 11.8 Å². The molecule has 2 aliphatic rings. The minimum atomic E-state index is -0.316. The molecule has 1 aromatic carbocycles. The second kappa shape index (κ2) is 8.60. The van der Waals surface area contributed by atoms with Crippen LogP contribution in [0.15, 0.2) is 24.3 Å². The number of quaternary nitrogens is 2. The number of hydrogen-bond donors (Lipinski definition) is 3. The molecule has 0 aromatic heterocycles. The zero-order valence-electron chi connectivity index (χ0n) is 15.4. The van der Waals surface area contributed by atoms with Crippen LogP contribution in [0.4, 0.5) is 10.1 Å². The Hall–Kier alpha value is -1.99. The molecule has 0 bridgehead atoms. The van der Waals surface area contributed by atoms with Gasteiger partial charge in [-0.3, -0.25) is 9.59 Å². The van der Waals surface area contributed by atoms with Gasteiger partial charge in [-0.15, -0.1) is 0 Å². The zero-order chi connectivity index (χ0) is 18.5. The third-order valence-electron chi connectivity index (χ3n) is 5.58. The molecule has 3 rings (SSSR count). The Kier molecular flexibility index (Phi) is 6.21. The molecule has 2 heterocycles. The maximum absolute atomic E-state index is 13.0. The van der Waals surface area contributed by atoms with Crippen molar-refractivity contribution in [3.05, 3.63) is 30.1 Å². The third-order valence-corrected chi connectivity index (χ3v) is 5.58. The number of carbonyl (C=O) groups is 2. The molecule has 0 saturated carbocycles. The van der Waals surface area contributed by atoms with Crippen molar-refractivity contribution in [2.24, 2.45) is 0 Å². The van der Waals surface area contributed by atoms with E-state index in [4.69, 9.17) is 0 Å². The molecule has 2 fully saturated rings. The molecule has 1 atom stereocenters. The number of likely N-dealkylation sites (tertiary alicyclic amines) is 1. The number of nitrogens with one attached hydrogen (secondary N) is 3. The molecular formula is C19H29FN4O2+2. The van der Waals surface area contributed by atoms with Crippen molar-refractivity contribution in [2.45, 2.75) is 25.8 Å². The summed E-state index contributed by atoms with van der Waals surface area (Å²) < 4.78 is 13.0. The van der Waals surface area contributed by atoms with E-state index in [1.807, 2.05) is 11.8 Å². The predicted molar refractivity (Wildman–Crippen MR) is 96.6 cm³/mol. The van der Waals surface area contributed by atoms with Gasteiger partial charge in [0, 0.05) is 18.8 Å². The zero-order valence-corrected chi connectivity index (χ0v) is 15.4. The van der Waals surface area contributed by atoms with Crippen LogP contribution in [-0.2, 0) is 9.59 Å². The van der Waals surface area contributed by atoms with Crippen molar-refractivity contribution in [3.8, 4) is 0 Å². The van der Waals surface area contributed by atoms with Crippen LogP contribution in [0.5, 0.6) is 0 Å². The minimum Gasteiger partial charge on any atom is -0.338 e. The number of piperazine rings is 1. The van der Waals surface area contributed by atoms with E-state index in [0.717, 1.165) is 52.1 Å². The van der Waals surface area contributed by atoms with Gasteiger partial charge in [-0.2, -0.15) is 0 Å². The average molecular weight is 364 g/mol. The topological polar surface area (TPSA) is 58.3 Å². The highest BCUT2D eigenvalue weighted by Gasteiger charge is 2.32. The summed E-state index contributed by atoms with van der Waals surface area (Å²) in [5, 5.41) is 2.85. The summed E-state index contributed by atoms with van der Waals surface area (Å²) in [5.41, 5.74) is 0.614. The molecule has 0 spiro atoms. The quantitative estimate of drug-likeness (QED) is 0.599. The SMILES string of the molecule is C[C@H](C(=O)Nc1ccc(F)cc1)[NH+]1CC[NH+](CC(=O)N2CCCC2)CC1. The number of nitrogens with zero attached hydrogens (tertiary/aromatic N) is 1. The fourth-order valence-corrected chi connectivity index (χ4v) is 3.80. The summed E-state index contributed by atoms with van der Waals surface area (Å²) >= 11 is 0. The van der Waals surface area contributed by atoms with Crippen molar-refractivity contribution in [2.75, 3.05) is 51.1 Å². The van der Waals surface area contributed by atoms with Crippen LogP contribution in [-0.4, -0.2) is 68.6 Å². The summed E-state index contributed by atoms with van der Waals surface area (Å²) in [7, 11) is 0. The Bertz CT molecular complexity index is 623. The maximum atomic E-state index is 13.0.